The van der Waals surface area contributed by atoms with Crippen LogP contribution in [0.4, 0.5) is 0 Å². The highest BCUT2D eigenvalue weighted by Gasteiger charge is 2.46. The number of ketones is 1. The summed E-state index contributed by atoms with van der Waals surface area (Å²) < 4.78 is 5.87. The van der Waals surface area contributed by atoms with Crippen LogP contribution in [0.3, 0.4) is 0 Å². The lowest BCUT2D eigenvalue weighted by Gasteiger charge is -2.26. The van der Waals surface area contributed by atoms with Crippen LogP contribution in [0, 0.1) is 5.92 Å². The number of hydrogen-bond acceptors (Lipinski definition) is 6. The van der Waals surface area contributed by atoms with Crippen molar-refractivity contribution < 1.29 is 19.4 Å². The fourth-order valence-electron chi connectivity index (χ4n) is 3.78. The summed E-state index contributed by atoms with van der Waals surface area (Å²) in [5.41, 5.74) is 1.97. The summed E-state index contributed by atoms with van der Waals surface area (Å²) in [5.74, 6) is -0.637. The molecule has 0 aliphatic carbocycles. The average Bonchev–Trinajstić information content (AvgIpc) is 3.08. The number of likely N-dealkylation sites (tertiary alicyclic amines) is 1. The van der Waals surface area contributed by atoms with Crippen molar-refractivity contribution in [2.24, 2.45) is 5.92 Å². The molecular formula is C26H25N3O4. The fourth-order valence-corrected chi connectivity index (χ4v) is 3.78. The van der Waals surface area contributed by atoms with Gasteiger partial charge in [0.1, 0.15) is 11.5 Å². The molecular weight excluding hydrogens is 418 g/mol. The lowest BCUT2D eigenvalue weighted by Crippen LogP contribution is -2.29. The number of hydrogen-bond donors (Lipinski definition) is 1. The molecule has 1 aromatic carbocycles. The topological polar surface area (TPSA) is 92.6 Å². The Bertz CT molecular complexity index is 1180. The zero-order valence-electron chi connectivity index (χ0n) is 18.5. The minimum Gasteiger partial charge on any atom is -0.507 e. The van der Waals surface area contributed by atoms with Crippen molar-refractivity contribution in [3.8, 4) is 5.75 Å². The Hall–Kier alpha value is -4.00. The molecule has 0 bridgehead atoms. The highest BCUT2D eigenvalue weighted by molar-refractivity contribution is 6.46. The number of aliphatic hydroxyl groups is 1. The van der Waals surface area contributed by atoms with E-state index < -0.39 is 17.7 Å². The molecule has 1 unspecified atom stereocenters. The number of amides is 1. The van der Waals surface area contributed by atoms with E-state index in [2.05, 4.69) is 23.8 Å². The molecule has 0 radical (unpaired) electrons. The Morgan fingerprint density at radius 1 is 1.03 bits per heavy atom. The Kier molecular flexibility index (Phi) is 6.49. The van der Waals surface area contributed by atoms with Gasteiger partial charge in [0, 0.05) is 36.9 Å². The van der Waals surface area contributed by atoms with Gasteiger partial charge >= 0.3 is 0 Å². The molecule has 1 N–H and O–H groups in total. The monoisotopic (exact) mass is 443 g/mol. The first-order valence-corrected chi connectivity index (χ1v) is 10.8. The van der Waals surface area contributed by atoms with E-state index in [0.29, 0.717) is 29.4 Å². The van der Waals surface area contributed by atoms with Crippen LogP contribution in [-0.4, -0.2) is 38.3 Å². The Labute approximate surface area is 192 Å². The predicted octanol–water partition coefficient (Wildman–Crippen LogP) is 4.13. The largest absolute Gasteiger partial charge is 0.507 e. The van der Waals surface area contributed by atoms with Crippen molar-refractivity contribution >= 4 is 17.4 Å². The van der Waals surface area contributed by atoms with Gasteiger partial charge in [-0.15, -0.1) is 0 Å². The number of rotatable bonds is 7. The number of carbonyl (C=O) groups excluding carboxylic acids is 2. The maximum atomic E-state index is 13.1. The van der Waals surface area contributed by atoms with E-state index in [1.54, 1.807) is 36.7 Å². The zero-order valence-corrected chi connectivity index (χ0v) is 18.5. The maximum absolute atomic E-state index is 13.1. The average molecular weight is 444 g/mol. The fraction of sp³-hybridized carbons (Fsp3) is 0.231. The molecule has 1 atom stereocenters. The Morgan fingerprint density at radius 2 is 1.70 bits per heavy atom. The number of ether oxygens (including phenoxy) is 1. The molecule has 4 rings (SSSR count). The number of benzene rings is 1. The van der Waals surface area contributed by atoms with E-state index in [4.69, 9.17) is 4.74 Å². The molecule has 0 spiro atoms. The molecule has 2 aromatic heterocycles. The van der Waals surface area contributed by atoms with E-state index in [1.807, 2.05) is 24.3 Å². The summed E-state index contributed by atoms with van der Waals surface area (Å²) in [6.45, 7) is 4.85. The van der Waals surface area contributed by atoms with E-state index >= 15 is 0 Å². The first kappa shape index (κ1) is 22.2. The summed E-state index contributed by atoms with van der Waals surface area (Å²) >= 11 is 0. The third-order valence-corrected chi connectivity index (χ3v) is 5.35. The number of Topliss-reactive ketones (excluding diaryl/α,β-unsaturated/α-hetero) is 1. The van der Waals surface area contributed by atoms with E-state index in [9.17, 15) is 14.7 Å². The van der Waals surface area contributed by atoms with Crippen molar-refractivity contribution in [2.45, 2.75) is 26.4 Å². The van der Waals surface area contributed by atoms with Gasteiger partial charge in [-0.05, 0) is 53.4 Å². The number of carbonyl (C=O) groups is 2. The Morgan fingerprint density at radius 3 is 2.36 bits per heavy atom. The summed E-state index contributed by atoms with van der Waals surface area (Å²) in [5, 5.41) is 11.1. The lowest BCUT2D eigenvalue weighted by molar-refractivity contribution is -0.140. The first-order valence-electron chi connectivity index (χ1n) is 10.8. The first-order chi connectivity index (χ1) is 16.0. The minimum absolute atomic E-state index is 0.0428. The number of aromatic nitrogens is 2. The van der Waals surface area contributed by atoms with E-state index in [-0.39, 0.29) is 17.9 Å². The lowest BCUT2D eigenvalue weighted by atomic mass is 9.95. The third-order valence-electron chi connectivity index (χ3n) is 5.35. The van der Waals surface area contributed by atoms with Gasteiger partial charge < -0.3 is 14.7 Å². The van der Waals surface area contributed by atoms with Gasteiger partial charge in [0.2, 0.25) is 0 Å². The van der Waals surface area contributed by atoms with E-state index in [0.717, 1.165) is 5.56 Å². The van der Waals surface area contributed by atoms with Gasteiger partial charge in [0.25, 0.3) is 11.7 Å². The van der Waals surface area contributed by atoms with Crippen molar-refractivity contribution in [3.05, 3.63) is 95.6 Å². The molecule has 3 heterocycles. The second-order valence-corrected chi connectivity index (χ2v) is 8.30. The van der Waals surface area contributed by atoms with E-state index in [1.165, 1.54) is 17.3 Å². The molecule has 1 aliphatic heterocycles. The molecule has 1 amide bonds. The smallest absolute Gasteiger partial charge is 0.295 e. The van der Waals surface area contributed by atoms with Crippen molar-refractivity contribution in [1.82, 2.24) is 14.9 Å². The maximum Gasteiger partial charge on any atom is 0.295 e. The molecule has 7 nitrogen and oxygen atoms in total. The molecule has 1 fully saturated rings. The van der Waals surface area contributed by atoms with Crippen molar-refractivity contribution in [2.75, 3.05) is 6.61 Å². The highest BCUT2D eigenvalue weighted by atomic mass is 16.5. The van der Waals surface area contributed by atoms with Crippen molar-refractivity contribution in [1.29, 1.82) is 0 Å². The highest BCUT2D eigenvalue weighted by Crippen LogP contribution is 2.41. The molecule has 0 saturated carbocycles. The molecule has 1 aliphatic rings. The van der Waals surface area contributed by atoms with Gasteiger partial charge in [-0.1, -0.05) is 26.0 Å². The number of nitrogens with zero attached hydrogens (tertiary/aromatic N) is 3. The quantitative estimate of drug-likeness (QED) is 0.335. The number of pyridine rings is 2. The molecule has 3 aromatic rings. The van der Waals surface area contributed by atoms with Crippen molar-refractivity contribution in [3.63, 3.8) is 0 Å². The summed E-state index contributed by atoms with van der Waals surface area (Å²) in [7, 11) is 0. The van der Waals surface area contributed by atoms with Crippen LogP contribution in [0.25, 0.3) is 5.76 Å². The van der Waals surface area contributed by atoms with Gasteiger partial charge in [0.15, 0.2) is 0 Å². The molecule has 168 valence electrons. The van der Waals surface area contributed by atoms with Gasteiger partial charge in [0.05, 0.1) is 18.2 Å². The van der Waals surface area contributed by atoms with Crippen LogP contribution < -0.4 is 4.74 Å². The molecule has 7 heteroatoms. The SMILES string of the molecule is CC(C)COc1cccc(C2/C(=C(/O)c3ccncc3)C(=O)C(=O)N2Cc2ccncc2)c1. The van der Waals surface area contributed by atoms with Gasteiger partial charge in [-0.2, -0.15) is 0 Å². The third kappa shape index (κ3) is 4.77. The van der Waals surface area contributed by atoms with Crippen LogP contribution in [-0.2, 0) is 16.1 Å². The van der Waals surface area contributed by atoms with Crippen LogP contribution in [0.5, 0.6) is 5.75 Å². The standard InChI is InChI=1S/C26H25N3O4/c1-17(2)16-33-21-5-3-4-20(14-21)23-22(24(30)19-8-12-28-13-9-19)25(31)26(32)29(23)15-18-6-10-27-11-7-18/h3-14,17,23,30H,15-16H2,1-2H3/b24-22-. The van der Waals surface area contributed by atoms with Crippen LogP contribution in [0.15, 0.2) is 78.9 Å². The molecule has 33 heavy (non-hydrogen) atoms. The second-order valence-electron chi connectivity index (χ2n) is 8.30. The normalized spacial score (nSPS) is 17.5. The van der Waals surface area contributed by atoms with Crippen LogP contribution >= 0.6 is 0 Å². The summed E-state index contributed by atoms with van der Waals surface area (Å²) in [6, 6.07) is 13.3. The summed E-state index contributed by atoms with van der Waals surface area (Å²) in [6.07, 6.45) is 6.32. The second kappa shape index (κ2) is 9.65. The van der Waals surface area contributed by atoms with Gasteiger partial charge in [-0.25, -0.2) is 0 Å². The van der Waals surface area contributed by atoms with Crippen LogP contribution in [0.1, 0.15) is 36.6 Å². The predicted molar refractivity (Wildman–Crippen MR) is 123 cm³/mol. The minimum atomic E-state index is -0.770. The van der Waals surface area contributed by atoms with Crippen LogP contribution in [0.2, 0.25) is 0 Å². The Balaban J connectivity index is 1.82. The number of aliphatic hydroxyl groups excluding tert-OH is 1. The molecule has 1 saturated heterocycles. The summed E-state index contributed by atoms with van der Waals surface area (Å²) in [4.78, 5) is 35.7. The van der Waals surface area contributed by atoms with Gasteiger partial charge in [-0.3, -0.25) is 19.6 Å². The zero-order chi connectivity index (χ0) is 23.4.